The molecule has 0 bridgehead atoms. The zero-order valence-corrected chi connectivity index (χ0v) is 44.9. The second kappa shape index (κ2) is 30.1. The highest BCUT2D eigenvalue weighted by atomic mass is 127. The number of nitriles is 1. The van der Waals surface area contributed by atoms with Gasteiger partial charge in [0.05, 0.1) is 18.5 Å². The molecule has 4 N–H and O–H groups in total. The van der Waals surface area contributed by atoms with Crippen molar-refractivity contribution in [1.82, 2.24) is 35.1 Å². The minimum atomic E-state index is -0.322. The van der Waals surface area contributed by atoms with E-state index in [0.717, 1.165) is 62.5 Å². The summed E-state index contributed by atoms with van der Waals surface area (Å²) in [5.74, 6) is 1.28. The normalized spacial score (nSPS) is 23.0. The van der Waals surface area contributed by atoms with Crippen LogP contribution in [0.4, 0.5) is 4.79 Å². The van der Waals surface area contributed by atoms with Crippen LogP contribution in [0, 0.1) is 46.8 Å². The van der Waals surface area contributed by atoms with E-state index >= 15 is 0 Å². The molecule has 2 unspecified atom stereocenters. The Kier molecular flexibility index (Phi) is 24.1. The molecule has 5 fully saturated rings. The number of carbonyl (C=O) groups excluding carboxylic acids is 7. The van der Waals surface area contributed by atoms with E-state index in [9.17, 15) is 33.6 Å². The van der Waals surface area contributed by atoms with Gasteiger partial charge in [-0.3, -0.25) is 33.7 Å². The summed E-state index contributed by atoms with van der Waals surface area (Å²) in [7, 11) is 0. The van der Waals surface area contributed by atoms with Gasteiger partial charge in [0.1, 0.15) is 0 Å². The van der Waals surface area contributed by atoms with Crippen molar-refractivity contribution >= 4 is 64.1 Å². The van der Waals surface area contributed by atoms with E-state index in [0.29, 0.717) is 76.3 Å². The van der Waals surface area contributed by atoms with Crippen molar-refractivity contribution in [3.63, 3.8) is 0 Å². The molecule has 0 radical (unpaired) electrons. The van der Waals surface area contributed by atoms with Gasteiger partial charge in [-0.1, -0.05) is 111 Å². The minimum absolute atomic E-state index is 0.00194. The summed E-state index contributed by atoms with van der Waals surface area (Å²) in [6.45, 7) is 15.1. The predicted octanol–water partition coefficient (Wildman–Crippen LogP) is 6.71. The second-order valence-electron chi connectivity index (χ2n) is 19.9. The number of piperazine rings is 2. The van der Waals surface area contributed by atoms with Crippen LogP contribution in [0.3, 0.4) is 0 Å². The largest absolute Gasteiger partial charge is 0.356 e. The van der Waals surface area contributed by atoms with E-state index in [1.54, 1.807) is 6.07 Å². The molecule has 71 heavy (non-hydrogen) atoms. The summed E-state index contributed by atoms with van der Waals surface area (Å²) in [5, 5.41) is 13.3. The number of hydrogen-bond donors (Lipinski definition) is 3. The molecule has 3 saturated heterocycles. The summed E-state index contributed by atoms with van der Waals surface area (Å²) >= 11 is 1.96. The number of alkyl halides is 1. The van der Waals surface area contributed by atoms with Crippen LogP contribution in [0.5, 0.6) is 0 Å². The van der Waals surface area contributed by atoms with Gasteiger partial charge in [-0.15, -0.1) is 0 Å². The SMILES string of the molecule is CC#N.CC(C)C(=O)N1CCN(C(=O)C2CCC(CN3C(=O)CC(c4ccccc4)NC3=O)CC2)CC1.CC(C)C(=O)N1CCN(C(=O)C2CCC(CNC(=O)CC(N)c3ccccc3)CC2)CC1.[2H]CI. The van der Waals surface area contributed by atoms with Crippen LogP contribution in [0.1, 0.15) is 123 Å². The number of carbonyl (C=O) groups is 7. The first-order valence-electron chi connectivity index (χ1n) is 26.3. The van der Waals surface area contributed by atoms with Gasteiger partial charge in [0, 0.05) is 110 Å². The fourth-order valence-corrected chi connectivity index (χ4v) is 10.1. The smallest absolute Gasteiger partial charge is 0.324 e. The molecule has 5 aliphatic rings. The van der Waals surface area contributed by atoms with Gasteiger partial charge in [-0.05, 0) is 79.2 Å². The number of benzene rings is 2. The van der Waals surface area contributed by atoms with Gasteiger partial charge in [-0.2, -0.15) is 5.26 Å². The first-order valence-corrected chi connectivity index (χ1v) is 27.1. The van der Waals surface area contributed by atoms with Crippen molar-refractivity contribution < 1.29 is 34.9 Å². The molecule has 17 heteroatoms. The Labute approximate surface area is 437 Å². The molecule has 7 rings (SSSR count). The van der Waals surface area contributed by atoms with Crippen molar-refractivity contribution in [2.24, 2.45) is 41.2 Å². The maximum Gasteiger partial charge on any atom is 0.324 e. The molecule has 0 spiro atoms. The van der Waals surface area contributed by atoms with E-state index in [1.807, 2.05) is 131 Å². The van der Waals surface area contributed by atoms with E-state index in [4.69, 9.17) is 12.4 Å². The van der Waals surface area contributed by atoms with Gasteiger partial charge in [0.2, 0.25) is 35.4 Å². The maximum atomic E-state index is 13.0. The fraction of sp³-hybridized carbons (Fsp3) is 0.630. The number of rotatable bonds is 12. The lowest BCUT2D eigenvalue weighted by Gasteiger charge is -2.39. The average molecular weight is 1100 g/mol. The lowest BCUT2D eigenvalue weighted by Crippen LogP contribution is -2.53. The molecular formula is C54H80IN9O7. The van der Waals surface area contributed by atoms with Crippen molar-refractivity contribution in [2.45, 2.75) is 111 Å². The number of nitrogens with two attached hydrogens (primary N) is 1. The molecule has 2 aromatic carbocycles. The van der Waals surface area contributed by atoms with Gasteiger partial charge in [0.25, 0.3) is 0 Å². The Morgan fingerprint density at radius 1 is 0.718 bits per heavy atom. The number of amides is 8. The molecule has 3 heterocycles. The fourth-order valence-electron chi connectivity index (χ4n) is 10.1. The summed E-state index contributed by atoms with van der Waals surface area (Å²) in [5.41, 5.74) is 8.05. The van der Waals surface area contributed by atoms with Crippen molar-refractivity contribution in [2.75, 3.05) is 70.4 Å². The van der Waals surface area contributed by atoms with E-state index in [-0.39, 0.29) is 96.0 Å². The number of hydrogen-bond acceptors (Lipinski definition) is 9. The van der Waals surface area contributed by atoms with Crippen LogP contribution >= 0.6 is 22.6 Å². The van der Waals surface area contributed by atoms with E-state index in [1.165, 1.54) is 11.8 Å². The van der Waals surface area contributed by atoms with E-state index < -0.39 is 0 Å². The van der Waals surface area contributed by atoms with Gasteiger partial charge >= 0.3 is 6.03 Å². The molecular weight excluding hydrogens is 1010 g/mol. The Hall–Kier alpha value is -5.09. The monoisotopic (exact) mass is 1090 g/mol. The predicted molar refractivity (Wildman–Crippen MR) is 283 cm³/mol. The Morgan fingerprint density at radius 3 is 1.55 bits per heavy atom. The lowest BCUT2D eigenvalue weighted by atomic mass is 9.81. The molecule has 2 aliphatic carbocycles. The first kappa shape index (κ1) is 56.8. The van der Waals surface area contributed by atoms with Crippen LogP contribution in [0.2, 0.25) is 0 Å². The van der Waals surface area contributed by atoms with Gasteiger partial charge < -0.3 is 36.0 Å². The summed E-state index contributed by atoms with van der Waals surface area (Å²) in [6, 6.07) is 20.1. The topological polar surface area (TPSA) is 210 Å². The Morgan fingerprint density at radius 2 is 1.13 bits per heavy atom. The molecule has 2 atom stereocenters. The summed E-state index contributed by atoms with van der Waals surface area (Å²) in [6.07, 6.45) is 7.43. The van der Waals surface area contributed by atoms with E-state index in [2.05, 4.69) is 10.6 Å². The van der Waals surface area contributed by atoms with Crippen molar-refractivity contribution in [1.29, 1.82) is 5.26 Å². The number of nitrogens with one attached hydrogen (secondary N) is 2. The van der Waals surface area contributed by atoms with Crippen LogP contribution in [0.25, 0.3) is 0 Å². The molecule has 16 nitrogen and oxygen atoms in total. The number of nitrogens with zero attached hydrogens (tertiary/aromatic N) is 6. The zero-order chi connectivity index (χ0) is 52.7. The second-order valence-corrected chi connectivity index (χ2v) is 19.9. The zero-order valence-electron chi connectivity index (χ0n) is 43.7. The third-order valence-corrected chi connectivity index (χ3v) is 14.3. The summed E-state index contributed by atoms with van der Waals surface area (Å²) in [4.78, 5) is 97.4. The first-order chi connectivity index (χ1) is 34.5. The third kappa shape index (κ3) is 17.9. The molecule has 390 valence electrons. The number of urea groups is 1. The molecule has 2 aromatic rings. The van der Waals surface area contributed by atoms with Crippen LogP contribution in [-0.2, 0) is 28.8 Å². The number of imide groups is 1. The quantitative estimate of drug-likeness (QED) is 0.152. The molecule has 3 aliphatic heterocycles. The third-order valence-electron chi connectivity index (χ3n) is 14.3. The van der Waals surface area contributed by atoms with Gasteiger partial charge in [-0.25, -0.2) is 4.79 Å². The van der Waals surface area contributed by atoms with Crippen molar-refractivity contribution in [3.05, 3.63) is 71.8 Å². The lowest BCUT2D eigenvalue weighted by molar-refractivity contribution is -0.144. The van der Waals surface area contributed by atoms with Crippen LogP contribution in [-0.4, -0.2) is 136 Å². The van der Waals surface area contributed by atoms with Gasteiger partial charge in [0.15, 0.2) is 0 Å². The highest BCUT2D eigenvalue weighted by Gasteiger charge is 2.38. The number of halogens is 1. The molecule has 0 aromatic heterocycles. The van der Waals surface area contributed by atoms with Crippen LogP contribution < -0.4 is 16.4 Å². The Balaban J connectivity index is 0.000000282. The highest BCUT2D eigenvalue weighted by Crippen LogP contribution is 2.33. The highest BCUT2D eigenvalue weighted by molar-refractivity contribution is 14.1. The maximum absolute atomic E-state index is 13.0. The van der Waals surface area contributed by atoms with Crippen LogP contribution in [0.15, 0.2) is 60.7 Å². The summed E-state index contributed by atoms with van der Waals surface area (Å²) < 4.78 is 6.20. The standard InChI is InChI=1S/C26H36N4O4.C25H38N4O3.C2H3N.CH3I/c1-18(2)24(32)28-12-14-29(15-13-28)25(33)21-10-8-19(9-11-21)17-30-23(31)16-22(27-26(30)34)20-6-4-3-5-7-20;1-18(2)24(31)28-12-14-29(15-13-28)25(32)21-10-8-19(9-11-21)17-27-23(30)16-22(26)20-6-4-3-5-7-20;1-2-3;1-2/h3-7,18-19,21-22H,8-17H2,1-2H3,(H,27,34);3-7,18-19,21-22H,8-17,26H2,1-2H3,(H,27,30);1H3;1H3/i;;;1D. The van der Waals surface area contributed by atoms with Crippen molar-refractivity contribution in [3.8, 4) is 6.07 Å². The average Bonchev–Trinajstić information content (AvgIpc) is 3.39. The minimum Gasteiger partial charge on any atom is -0.356 e. The molecule has 2 saturated carbocycles. The molecule has 8 amide bonds. The Bertz CT molecular complexity index is 2060.